The number of esters is 1. The van der Waals surface area contributed by atoms with Crippen molar-refractivity contribution in [3.05, 3.63) is 38.6 Å². The Kier molecular flexibility index (Phi) is 3.01. The number of thiazole rings is 1. The summed E-state index contributed by atoms with van der Waals surface area (Å²) in [4.78, 5) is 27.0. The van der Waals surface area contributed by atoms with Gasteiger partial charge in [0.25, 0.3) is 5.56 Å². The third-order valence-electron chi connectivity index (χ3n) is 2.02. The number of methoxy groups -OCH3 is 1. The molecule has 0 spiro atoms. The molecule has 0 amide bonds. The summed E-state index contributed by atoms with van der Waals surface area (Å²) in [5.41, 5.74) is -0.277. The molecule has 17 heavy (non-hydrogen) atoms. The van der Waals surface area contributed by atoms with Crippen LogP contribution in [0.1, 0.15) is 15.5 Å². The van der Waals surface area contributed by atoms with E-state index in [2.05, 4.69) is 14.8 Å². The molecule has 2 heterocycles. The Morgan fingerprint density at radius 3 is 2.82 bits per heavy atom. The monoisotopic (exact) mass is 251 g/mol. The third-order valence-corrected chi connectivity index (χ3v) is 2.78. The molecule has 2 rings (SSSR count). The molecule has 0 saturated carbocycles. The highest BCUT2D eigenvalue weighted by Crippen LogP contribution is 2.10. The molecule has 0 radical (unpaired) electrons. The van der Waals surface area contributed by atoms with Crippen LogP contribution in [-0.2, 0) is 4.74 Å². The summed E-state index contributed by atoms with van der Waals surface area (Å²) in [5.74, 6) is -0.186. The summed E-state index contributed by atoms with van der Waals surface area (Å²) in [5, 5.41) is 6.42. The van der Waals surface area contributed by atoms with E-state index in [-0.39, 0.29) is 11.3 Å². The fraction of sp³-hybridized carbons (Fsp3) is 0.200. The average molecular weight is 251 g/mol. The van der Waals surface area contributed by atoms with Gasteiger partial charge in [-0.3, -0.25) is 4.79 Å². The van der Waals surface area contributed by atoms with Crippen molar-refractivity contribution >= 4 is 17.3 Å². The normalized spacial score (nSPS) is 10.2. The third kappa shape index (κ3) is 2.23. The van der Waals surface area contributed by atoms with Crippen LogP contribution in [0.25, 0.3) is 5.82 Å². The summed E-state index contributed by atoms with van der Waals surface area (Å²) < 4.78 is 5.62. The molecular formula is C10H9N3O3S. The fourth-order valence-electron chi connectivity index (χ4n) is 1.24. The Balaban J connectivity index is 2.53. The Hall–Kier alpha value is -2.02. The Bertz CT molecular complexity index is 617. The molecule has 2 aromatic heterocycles. The summed E-state index contributed by atoms with van der Waals surface area (Å²) in [6.07, 6.45) is 0. The molecule has 0 bridgehead atoms. The van der Waals surface area contributed by atoms with Gasteiger partial charge in [-0.15, -0.1) is 11.3 Å². The van der Waals surface area contributed by atoms with E-state index in [4.69, 9.17) is 0 Å². The predicted octanol–water partition coefficient (Wildman–Crippen LogP) is 0.784. The minimum atomic E-state index is -0.592. The van der Waals surface area contributed by atoms with Gasteiger partial charge in [-0.2, -0.15) is 9.78 Å². The van der Waals surface area contributed by atoms with Gasteiger partial charge in [-0.1, -0.05) is 0 Å². The summed E-state index contributed by atoms with van der Waals surface area (Å²) in [6.45, 7) is 1.82. The van der Waals surface area contributed by atoms with Gasteiger partial charge in [0.2, 0.25) is 0 Å². The largest absolute Gasteiger partial charge is 0.464 e. The number of rotatable bonds is 2. The molecule has 6 nitrogen and oxygen atoms in total. The molecule has 0 aliphatic carbocycles. The standard InChI is InChI=1S/C10H9N3O3S/c1-6-11-8(5-17-6)13-9(14)4-3-7(12-13)10(15)16-2/h3-5H,1-2H3. The lowest BCUT2D eigenvalue weighted by atomic mass is 10.4. The number of hydrogen-bond acceptors (Lipinski definition) is 6. The predicted molar refractivity (Wildman–Crippen MR) is 61.6 cm³/mol. The number of carbonyl (C=O) groups excluding carboxylic acids is 1. The molecule has 0 aromatic carbocycles. The molecule has 0 unspecified atom stereocenters. The van der Waals surface area contributed by atoms with E-state index in [0.29, 0.717) is 5.82 Å². The zero-order chi connectivity index (χ0) is 12.4. The van der Waals surface area contributed by atoms with Crippen molar-refractivity contribution in [3.8, 4) is 5.82 Å². The second kappa shape index (κ2) is 4.46. The first kappa shape index (κ1) is 11.5. The van der Waals surface area contributed by atoms with Crippen LogP contribution in [0, 0.1) is 6.92 Å². The lowest BCUT2D eigenvalue weighted by Crippen LogP contribution is -2.23. The van der Waals surface area contributed by atoms with Crippen molar-refractivity contribution in [2.24, 2.45) is 0 Å². The van der Waals surface area contributed by atoms with Crippen LogP contribution in [0.3, 0.4) is 0 Å². The van der Waals surface area contributed by atoms with Crippen LogP contribution >= 0.6 is 11.3 Å². The number of nitrogens with zero attached hydrogens (tertiary/aromatic N) is 3. The van der Waals surface area contributed by atoms with Gasteiger partial charge < -0.3 is 4.74 Å². The smallest absolute Gasteiger partial charge is 0.358 e. The highest BCUT2D eigenvalue weighted by molar-refractivity contribution is 7.09. The Morgan fingerprint density at radius 2 is 2.24 bits per heavy atom. The average Bonchev–Trinajstić information content (AvgIpc) is 2.75. The molecular weight excluding hydrogens is 242 g/mol. The van der Waals surface area contributed by atoms with Crippen LogP contribution in [0.15, 0.2) is 22.3 Å². The number of ether oxygens (including phenoxy) is 1. The van der Waals surface area contributed by atoms with Crippen molar-refractivity contribution in [2.75, 3.05) is 7.11 Å². The summed E-state index contributed by atoms with van der Waals surface area (Å²) in [6, 6.07) is 2.58. The zero-order valence-electron chi connectivity index (χ0n) is 9.21. The lowest BCUT2D eigenvalue weighted by Gasteiger charge is -2.02. The molecule has 88 valence electrons. The molecule has 0 N–H and O–H groups in total. The van der Waals surface area contributed by atoms with E-state index in [9.17, 15) is 9.59 Å². The summed E-state index contributed by atoms with van der Waals surface area (Å²) >= 11 is 1.40. The van der Waals surface area contributed by atoms with Gasteiger partial charge in [-0.05, 0) is 13.0 Å². The van der Waals surface area contributed by atoms with Gasteiger partial charge in [0, 0.05) is 11.4 Å². The van der Waals surface area contributed by atoms with Crippen LogP contribution in [-0.4, -0.2) is 27.8 Å². The number of aromatic nitrogens is 3. The van der Waals surface area contributed by atoms with Crippen LogP contribution in [0.4, 0.5) is 0 Å². The van der Waals surface area contributed by atoms with E-state index in [1.807, 2.05) is 6.92 Å². The van der Waals surface area contributed by atoms with Crippen molar-refractivity contribution in [1.29, 1.82) is 0 Å². The van der Waals surface area contributed by atoms with Gasteiger partial charge in [0.15, 0.2) is 11.5 Å². The SMILES string of the molecule is COC(=O)c1ccc(=O)n(-c2csc(C)n2)n1. The number of hydrogen-bond donors (Lipinski definition) is 0. The van der Waals surface area contributed by atoms with E-state index in [1.54, 1.807) is 5.38 Å². The highest BCUT2D eigenvalue weighted by atomic mass is 32.1. The molecule has 7 heteroatoms. The topological polar surface area (TPSA) is 74.1 Å². The first-order chi connectivity index (χ1) is 8.11. The quantitative estimate of drug-likeness (QED) is 0.737. The molecule has 0 atom stereocenters. The van der Waals surface area contributed by atoms with Gasteiger partial charge in [-0.25, -0.2) is 9.78 Å². The Morgan fingerprint density at radius 1 is 1.47 bits per heavy atom. The maximum absolute atomic E-state index is 11.6. The maximum atomic E-state index is 11.6. The molecule has 0 saturated heterocycles. The summed E-state index contributed by atoms with van der Waals surface area (Å²) in [7, 11) is 1.26. The first-order valence-corrected chi connectivity index (χ1v) is 5.61. The number of aryl methyl sites for hydroxylation is 1. The first-order valence-electron chi connectivity index (χ1n) is 4.73. The molecule has 0 fully saturated rings. The maximum Gasteiger partial charge on any atom is 0.358 e. The minimum absolute atomic E-state index is 0.0674. The highest BCUT2D eigenvalue weighted by Gasteiger charge is 2.11. The van der Waals surface area contributed by atoms with E-state index >= 15 is 0 Å². The Labute approximate surface area is 100 Å². The fourth-order valence-corrected chi connectivity index (χ4v) is 1.81. The second-order valence-corrected chi connectivity index (χ2v) is 4.25. The minimum Gasteiger partial charge on any atom is -0.464 e. The molecule has 2 aromatic rings. The lowest BCUT2D eigenvalue weighted by molar-refractivity contribution is 0.0591. The van der Waals surface area contributed by atoms with Gasteiger partial charge >= 0.3 is 5.97 Å². The number of carbonyl (C=O) groups is 1. The zero-order valence-corrected chi connectivity index (χ0v) is 10.0. The van der Waals surface area contributed by atoms with E-state index < -0.39 is 5.97 Å². The second-order valence-electron chi connectivity index (χ2n) is 3.18. The van der Waals surface area contributed by atoms with Crippen LogP contribution < -0.4 is 5.56 Å². The van der Waals surface area contributed by atoms with Crippen molar-refractivity contribution < 1.29 is 9.53 Å². The molecule has 0 aliphatic heterocycles. The van der Waals surface area contributed by atoms with Crippen molar-refractivity contribution in [3.63, 3.8) is 0 Å². The van der Waals surface area contributed by atoms with Crippen LogP contribution in [0.5, 0.6) is 0 Å². The van der Waals surface area contributed by atoms with Crippen molar-refractivity contribution in [1.82, 2.24) is 14.8 Å². The van der Waals surface area contributed by atoms with Crippen molar-refractivity contribution in [2.45, 2.75) is 6.92 Å². The van der Waals surface area contributed by atoms with Crippen LogP contribution in [0.2, 0.25) is 0 Å². The van der Waals surface area contributed by atoms with Gasteiger partial charge in [0.1, 0.15) is 0 Å². The van der Waals surface area contributed by atoms with E-state index in [1.165, 1.54) is 30.6 Å². The molecule has 0 aliphatic rings. The van der Waals surface area contributed by atoms with E-state index in [0.717, 1.165) is 9.69 Å². The van der Waals surface area contributed by atoms with Gasteiger partial charge in [0.05, 0.1) is 12.1 Å².